The van der Waals surface area contributed by atoms with Crippen LogP contribution in [0.4, 0.5) is 0 Å². The lowest BCUT2D eigenvalue weighted by atomic mass is 9.96. The molecule has 1 N–H and O–H groups in total. The summed E-state index contributed by atoms with van der Waals surface area (Å²) in [5.41, 5.74) is 1.08. The van der Waals surface area contributed by atoms with Crippen LogP contribution in [0.25, 0.3) is 0 Å². The Bertz CT molecular complexity index is 472. The van der Waals surface area contributed by atoms with Gasteiger partial charge in [-0.1, -0.05) is 44.2 Å². The third-order valence-corrected chi connectivity index (χ3v) is 2.99. The molecule has 3 nitrogen and oxygen atoms in total. The van der Waals surface area contributed by atoms with E-state index in [-0.39, 0.29) is 11.9 Å². The van der Waals surface area contributed by atoms with Crippen LogP contribution in [-0.4, -0.2) is 13.0 Å². The monoisotopic (exact) mass is 273 g/mol. The van der Waals surface area contributed by atoms with E-state index in [4.69, 9.17) is 4.74 Å². The normalized spacial score (nSPS) is 13.1. The molecule has 1 aromatic carbocycles. The van der Waals surface area contributed by atoms with Gasteiger partial charge in [0.15, 0.2) is 0 Å². The summed E-state index contributed by atoms with van der Waals surface area (Å²) >= 11 is 0. The summed E-state index contributed by atoms with van der Waals surface area (Å²) < 4.78 is 5.15. The molecule has 0 saturated carbocycles. The first-order valence-corrected chi connectivity index (χ1v) is 6.82. The van der Waals surface area contributed by atoms with Crippen molar-refractivity contribution in [3.63, 3.8) is 0 Å². The Morgan fingerprint density at radius 3 is 2.35 bits per heavy atom. The topological polar surface area (TPSA) is 38.3 Å². The maximum absolute atomic E-state index is 11.9. The second-order valence-corrected chi connectivity index (χ2v) is 4.89. The maximum Gasteiger partial charge on any atom is 0.244 e. The molecule has 1 rings (SSSR count). The molecule has 0 aliphatic rings. The first kappa shape index (κ1) is 16.0. The number of amides is 1. The SMILES string of the molecule is C/C=C/C=C/C(=O)NC(c1ccc(OC)cc1)C(C)C. The van der Waals surface area contributed by atoms with Crippen molar-refractivity contribution in [3.05, 3.63) is 54.1 Å². The van der Waals surface area contributed by atoms with Gasteiger partial charge in [0.2, 0.25) is 5.91 Å². The fraction of sp³-hybridized carbons (Fsp3) is 0.353. The van der Waals surface area contributed by atoms with E-state index in [2.05, 4.69) is 19.2 Å². The van der Waals surface area contributed by atoms with Gasteiger partial charge in [-0.15, -0.1) is 0 Å². The van der Waals surface area contributed by atoms with Crippen LogP contribution in [-0.2, 0) is 4.79 Å². The number of nitrogens with one attached hydrogen (secondary N) is 1. The van der Waals surface area contributed by atoms with E-state index in [9.17, 15) is 4.79 Å². The van der Waals surface area contributed by atoms with Crippen molar-refractivity contribution in [2.45, 2.75) is 26.8 Å². The van der Waals surface area contributed by atoms with Crippen molar-refractivity contribution >= 4 is 5.91 Å². The summed E-state index contributed by atoms with van der Waals surface area (Å²) in [6.07, 6.45) is 6.99. The number of carbonyl (C=O) groups excluding carboxylic acids is 1. The minimum absolute atomic E-state index is 0.0105. The van der Waals surface area contributed by atoms with Crippen LogP contribution in [0.3, 0.4) is 0 Å². The summed E-state index contributed by atoms with van der Waals surface area (Å²) in [5, 5.41) is 3.03. The van der Waals surface area contributed by atoms with Crippen molar-refractivity contribution in [2.24, 2.45) is 5.92 Å². The quantitative estimate of drug-likeness (QED) is 0.635. The average Bonchev–Trinajstić information content (AvgIpc) is 2.45. The molecule has 0 radical (unpaired) electrons. The second-order valence-electron chi connectivity index (χ2n) is 4.89. The van der Waals surface area contributed by atoms with E-state index >= 15 is 0 Å². The lowest BCUT2D eigenvalue weighted by Crippen LogP contribution is -2.30. The van der Waals surface area contributed by atoms with Crippen LogP contribution in [0.2, 0.25) is 0 Å². The zero-order valence-corrected chi connectivity index (χ0v) is 12.6. The fourth-order valence-electron chi connectivity index (χ4n) is 1.90. The zero-order chi connectivity index (χ0) is 15.0. The molecule has 1 atom stereocenters. The fourth-order valence-corrected chi connectivity index (χ4v) is 1.90. The molecule has 0 bridgehead atoms. The molecular weight excluding hydrogens is 250 g/mol. The molecule has 20 heavy (non-hydrogen) atoms. The van der Waals surface area contributed by atoms with Crippen LogP contribution < -0.4 is 10.1 Å². The van der Waals surface area contributed by atoms with Gasteiger partial charge in [-0.05, 0) is 30.5 Å². The van der Waals surface area contributed by atoms with E-state index in [1.807, 2.05) is 43.3 Å². The van der Waals surface area contributed by atoms with Crippen molar-refractivity contribution in [1.82, 2.24) is 5.32 Å². The third kappa shape index (κ3) is 4.92. The number of carbonyl (C=O) groups is 1. The number of ether oxygens (including phenoxy) is 1. The lowest BCUT2D eigenvalue weighted by Gasteiger charge is -2.22. The van der Waals surface area contributed by atoms with Crippen LogP contribution in [0, 0.1) is 5.92 Å². The third-order valence-electron chi connectivity index (χ3n) is 2.99. The largest absolute Gasteiger partial charge is 0.497 e. The minimum atomic E-state index is -0.0855. The Hall–Kier alpha value is -2.03. The molecular formula is C17H23NO2. The summed E-state index contributed by atoms with van der Waals surface area (Å²) in [6, 6.07) is 7.78. The zero-order valence-electron chi connectivity index (χ0n) is 12.6. The lowest BCUT2D eigenvalue weighted by molar-refractivity contribution is -0.117. The van der Waals surface area contributed by atoms with E-state index in [1.165, 1.54) is 0 Å². The number of hydrogen-bond donors (Lipinski definition) is 1. The molecule has 108 valence electrons. The standard InChI is InChI=1S/C17H23NO2/c1-5-6-7-8-16(19)18-17(13(2)3)14-9-11-15(20-4)12-10-14/h5-13,17H,1-4H3,(H,18,19)/b6-5+,8-7+. The molecule has 0 heterocycles. The number of hydrogen-bond acceptors (Lipinski definition) is 2. The van der Waals surface area contributed by atoms with Gasteiger partial charge in [-0.25, -0.2) is 0 Å². The van der Waals surface area contributed by atoms with Gasteiger partial charge in [0, 0.05) is 6.08 Å². The van der Waals surface area contributed by atoms with Crippen LogP contribution in [0.1, 0.15) is 32.4 Å². The van der Waals surface area contributed by atoms with Gasteiger partial charge < -0.3 is 10.1 Å². The van der Waals surface area contributed by atoms with Crippen molar-refractivity contribution in [2.75, 3.05) is 7.11 Å². The van der Waals surface area contributed by atoms with Gasteiger partial charge in [-0.2, -0.15) is 0 Å². The van der Waals surface area contributed by atoms with E-state index in [0.717, 1.165) is 11.3 Å². The van der Waals surface area contributed by atoms with Gasteiger partial charge in [-0.3, -0.25) is 4.79 Å². The predicted molar refractivity (Wildman–Crippen MR) is 82.7 cm³/mol. The molecule has 0 saturated heterocycles. The summed E-state index contributed by atoms with van der Waals surface area (Å²) in [6.45, 7) is 6.09. The number of benzene rings is 1. The van der Waals surface area contributed by atoms with E-state index < -0.39 is 0 Å². The molecule has 0 aliphatic carbocycles. The van der Waals surface area contributed by atoms with Crippen molar-refractivity contribution in [3.8, 4) is 5.75 Å². The van der Waals surface area contributed by atoms with Gasteiger partial charge in [0.25, 0.3) is 0 Å². The molecule has 0 aromatic heterocycles. The Balaban J connectivity index is 2.80. The van der Waals surface area contributed by atoms with Gasteiger partial charge >= 0.3 is 0 Å². The average molecular weight is 273 g/mol. The Morgan fingerprint density at radius 1 is 1.20 bits per heavy atom. The van der Waals surface area contributed by atoms with Crippen molar-refractivity contribution < 1.29 is 9.53 Å². The molecule has 3 heteroatoms. The maximum atomic E-state index is 11.9. The molecule has 0 aliphatic heterocycles. The molecule has 0 spiro atoms. The molecule has 0 fully saturated rings. The number of rotatable bonds is 6. The Morgan fingerprint density at radius 2 is 1.85 bits per heavy atom. The molecule has 1 aromatic rings. The summed E-state index contributed by atoms with van der Waals surface area (Å²) in [5.74, 6) is 1.04. The van der Waals surface area contributed by atoms with E-state index in [1.54, 1.807) is 19.3 Å². The smallest absolute Gasteiger partial charge is 0.244 e. The summed E-state index contributed by atoms with van der Waals surface area (Å²) in [4.78, 5) is 11.9. The van der Waals surface area contributed by atoms with Gasteiger partial charge in [0.1, 0.15) is 5.75 Å². The Kier molecular flexibility index (Phi) is 6.57. The van der Waals surface area contributed by atoms with Crippen LogP contribution in [0.15, 0.2) is 48.6 Å². The highest BCUT2D eigenvalue weighted by Gasteiger charge is 2.17. The Labute approximate surface area is 121 Å². The highest BCUT2D eigenvalue weighted by atomic mass is 16.5. The highest BCUT2D eigenvalue weighted by molar-refractivity contribution is 5.88. The summed E-state index contributed by atoms with van der Waals surface area (Å²) in [7, 11) is 1.64. The first-order valence-electron chi connectivity index (χ1n) is 6.82. The highest BCUT2D eigenvalue weighted by Crippen LogP contribution is 2.23. The second kappa shape index (κ2) is 8.20. The minimum Gasteiger partial charge on any atom is -0.497 e. The molecule has 1 amide bonds. The van der Waals surface area contributed by atoms with Crippen LogP contribution in [0.5, 0.6) is 5.75 Å². The predicted octanol–water partition coefficient (Wildman–Crippen LogP) is 3.64. The van der Waals surface area contributed by atoms with Crippen LogP contribution >= 0.6 is 0 Å². The van der Waals surface area contributed by atoms with E-state index in [0.29, 0.717) is 5.92 Å². The number of allylic oxidation sites excluding steroid dienone is 3. The molecule has 1 unspecified atom stereocenters. The van der Waals surface area contributed by atoms with Crippen molar-refractivity contribution in [1.29, 1.82) is 0 Å². The first-order chi connectivity index (χ1) is 9.58. The number of methoxy groups -OCH3 is 1. The van der Waals surface area contributed by atoms with Gasteiger partial charge in [0.05, 0.1) is 13.2 Å².